The third-order valence-corrected chi connectivity index (χ3v) is 5.89. The van der Waals surface area contributed by atoms with Crippen molar-refractivity contribution >= 4 is 38.6 Å². The molecular weight excluding hydrogens is 436 g/mol. The predicted molar refractivity (Wildman–Crippen MR) is 118 cm³/mol. The minimum absolute atomic E-state index is 0.103. The smallest absolute Gasteiger partial charge is 0.266 e. The number of ether oxygens (including phenoxy) is 1. The van der Waals surface area contributed by atoms with Gasteiger partial charge in [-0.3, -0.25) is 9.36 Å². The van der Waals surface area contributed by atoms with Gasteiger partial charge in [0.1, 0.15) is 5.75 Å². The van der Waals surface area contributed by atoms with Gasteiger partial charge in [0.2, 0.25) is 0 Å². The second kappa shape index (κ2) is 8.20. The molecule has 0 aliphatic rings. The van der Waals surface area contributed by atoms with E-state index in [1.807, 2.05) is 54.6 Å². The standard InChI is InChI=1S/C22H17BrN2O2S/c1-27-20-9-5-4-8-19(20)25-21(26)17-6-2-3-7-18(17)24-22(25)28-14-15-10-12-16(23)13-11-15/h2-13H,14H2,1H3. The van der Waals surface area contributed by atoms with Gasteiger partial charge >= 0.3 is 0 Å². The van der Waals surface area contributed by atoms with Gasteiger partial charge in [-0.25, -0.2) is 4.98 Å². The normalized spacial score (nSPS) is 10.9. The lowest BCUT2D eigenvalue weighted by Crippen LogP contribution is -2.22. The third-order valence-electron chi connectivity index (χ3n) is 4.35. The van der Waals surface area contributed by atoms with Crippen LogP contribution in [0.15, 0.2) is 87.2 Å². The molecule has 0 fully saturated rings. The molecule has 1 heterocycles. The Hall–Kier alpha value is -2.57. The van der Waals surface area contributed by atoms with Crippen molar-refractivity contribution < 1.29 is 4.74 Å². The predicted octanol–water partition coefficient (Wildman–Crippen LogP) is 5.45. The highest BCUT2D eigenvalue weighted by Gasteiger charge is 2.16. The topological polar surface area (TPSA) is 44.1 Å². The number of nitrogens with zero attached hydrogens (tertiary/aromatic N) is 2. The fourth-order valence-corrected chi connectivity index (χ4v) is 4.19. The summed E-state index contributed by atoms with van der Waals surface area (Å²) in [6, 6.07) is 23.1. The molecule has 0 N–H and O–H groups in total. The zero-order chi connectivity index (χ0) is 19.5. The molecule has 1 aromatic heterocycles. The van der Waals surface area contributed by atoms with E-state index in [1.54, 1.807) is 17.7 Å². The Morgan fingerprint density at radius 1 is 1.00 bits per heavy atom. The quantitative estimate of drug-likeness (QED) is 0.298. The van der Waals surface area contributed by atoms with Crippen LogP contribution in [0.4, 0.5) is 0 Å². The molecule has 6 heteroatoms. The number of thioether (sulfide) groups is 1. The van der Waals surface area contributed by atoms with Crippen molar-refractivity contribution in [1.29, 1.82) is 0 Å². The number of methoxy groups -OCH3 is 1. The average molecular weight is 453 g/mol. The molecule has 0 bridgehead atoms. The number of hydrogen-bond donors (Lipinski definition) is 0. The molecule has 0 spiro atoms. The summed E-state index contributed by atoms with van der Waals surface area (Å²) in [6.45, 7) is 0. The fraction of sp³-hybridized carbons (Fsp3) is 0.0909. The van der Waals surface area contributed by atoms with Gasteiger partial charge in [0.25, 0.3) is 5.56 Å². The first-order valence-electron chi connectivity index (χ1n) is 8.70. The van der Waals surface area contributed by atoms with Crippen molar-refractivity contribution in [2.75, 3.05) is 7.11 Å². The summed E-state index contributed by atoms with van der Waals surface area (Å²) in [5.41, 5.74) is 2.43. The molecule has 0 aliphatic heterocycles. The second-order valence-electron chi connectivity index (χ2n) is 6.14. The average Bonchev–Trinajstić information content (AvgIpc) is 2.73. The highest BCUT2D eigenvalue weighted by atomic mass is 79.9. The zero-order valence-electron chi connectivity index (χ0n) is 15.1. The molecule has 0 unspecified atom stereocenters. The molecule has 0 saturated heterocycles. The first kappa shape index (κ1) is 18.8. The van der Waals surface area contributed by atoms with Crippen molar-refractivity contribution in [2.24, 2.45) is 0 Å². The molecular formula is C22H17BrN2O2S. The van der Waals surface area contributed by atoms with Crippen LogP contribution in [0.2, 0.25) is 0 Å². The highest BCUT2D eigenvalue weighted by Crippen LogP contribution is 2.29. The zero-order valence-corrected chi connectivity index (χ0v) is 17.5. The van der Waals surface area contributed by atoms with Gasteiger partial charge in [-0.2, -0.15) is 0 Å². The number of benzene rings is 3. The largest absolute Gasteiger partial charge is 0.495 e. The molecule has 0 aliphatic carbocycles. The number of fused-ring (bicyclic) bond motifs is 1. The van der Waals surface area contributed by atoms with E-state index in [0.29, 0.717) is 33.2 Å². The Morgan fingerprint density at radius 3 is 2.50 bits per heavy atom. The van der Waals surface area contributed by atoms with E-state index in [-0.39, 0.29) is 5.56 Å². The van der Waals surface area contributed by atoms with Crippen molar-refractivity contribution in [2.45, 2.75) is 10.9 Å². The summed E-state index contributed by atoms with van der Waals surface area (Å²) < 4.78 is 8.18. The summed E-state index contributed by atoms with van der Waals surface area (Å²) in [5.74, 6) is 1.33. The molecule has 0 saturated carbocycles. The fourth-order valence-electron chi connectivity index (χ4n) is 2.96. The van der Waals surface area contributed by atoms with Crippen LogP contribution < -0.4 is 10.3 Å². The lowest BCUT2D eigenvalue weighted by atomic mass is 10.2. The second-order valence-corrected chi connectivity index (χ2v) is 8.00. The summed E-state index contributed by atoms with van der Waals surface area (Å²) >= 11 is 4.99. The number of aromatic nitrogens is 2. The van der Waals surface area contributed by atoms with Gasteiger partial charge in [-0.05, 0) is 42.0 Å². The van der Waals surface area contributed by atoms with Crippen LogP contribution in [-0.4, -0.2) is 16.7 Å². The van der Waals surface area contributed by atoms with E-state index in [0.717, 1.165) is 10.0 Å². The SMILES string of the molecule is COc1ccccc1-n1c(SCc2ccc(Br)cc2)nc2ccccc2c1=O. The lowest BCUT2D eigenvalue weighted by molar-refractivity contribution is 0.411. The number of para-hydroxylation sites is 3. The van der Waals surface area contributed by atoms with E-state index in [4.69, 9.17) is 9.72 Å². The molecule has 4 nitrogen and oxygen atoms in total. The Kier molecular flexibility index (Phi) is 5.50. The van der Waals surface area contributed by atoms with Gasteiger partial charge in [-0.15, -0.1) is 0 Å². The van der Waals surface area contributed by atoms with Gasteiger partial charge in [0.15, 0.2) is 5.16 Å². The van der Waals surface area contributed by atoms with Gasteiger partial charge in [0, 0.05) is 10.2 Å². The minimum Gasteiger partial charge on any atom is -0.495 e. The van der Waals surface area contributed by atoms with Crippen LogP contribution in [-0.2, 0) is 5.75 Å². The summed E-state index contributed by atoms with van der Waals surface area (Å²) in [5, 5.41) is 1.22. The van der Waals surface area contributed by atoms with Crippen molar-refractivity contribution in [3.8, 4) is 11.4 Å². The van der Waals surface area contributed by atoms with E-state index in [9.17, 15) is 4.79 Å². The Balaban J connectivity index is 1.86. The van der Waals surface area contributed by atoms with Crippen LogP contribution in [0.5, 0.6) is 5.75 Å². The highest BCUT2D eigenvalue weighted by molar-refractivity contribution is 9.10. The number of rotatable bonds is 5. The Morgan fingerprint density at radius 2 is 1.71 bits per heavy atom. The van der Waals surface area contributed by atoms with Crippen molar-refractivity contribution in [1.82, 2.24) is 9.55 Å². The number of halogens is 1. The van der Waals surface area contributed by atoms with Crippen LogP contribution in [0.1, 0.15) is 5.56 Å². The summed E-state index contributed by atoms with van der Waals surface area (Å²) in [4.78, 5) is 18.1. The summed E-state index contributed by atoms with van der Waals surface area (Å²) in [7, 11) is 1.60. The molecule has 0 atom stereocenters. The minimum atomic E-state index is -0.103. The molecule has 28 heavy (non-hydrogen) atoms. The van der Waals surface area contributed by atoms with Crippen LogP contribution >= 0.6 is 27.7 Å². The van der Waals surface area contributed by atoms with Gasteiger partial charge in [-0.1, -0.05) is 64.1 Å². The molecule has 0 radical (unpaired) electrons. The maximum atomic E-state index is 13.3. The van der Waals surface area contributed by atoms with Gasteiger partial charge in [0.05, 0.1) is 23.7 Å². The molecule has 4 aromatic rings. The summed E-state index contributed by atoms with van der Waals surface area (Å²) in [6.07, 6.45) is 0. The first-order valence-corrected chi connectivity index (χ1v) is 10.5. The van der Waals surface area contributed by atoms with E-state index in [2.05, 4.69) is 28.1 Å². The third kappa shape index (κ3) is 3.70. The lowest BCUT2D eigenvalue weighted by Gasteiger charge is -2.15. The molecule has 3 aromatic carbocycles. The van der Waals surface area contributed by atoms with Gasteiger partial charge < -0.3 is 4.74 Å². The van der Waals surface area contributed by atoms with Crippen molar-refractivity contribution in [3.05, 3.63) is 93.2 Å². The van der Waals surface area contributed by atoms with E-state index < -0.39 is 0 Å². The molecule has 140 valence electrons. The number of hydrogen-bond acceptors (Lipinski definition) is 4. The van der Waals surface area contributed by atoms with E-state index in [1.165, 1.54) is 11.8 Å². The van der Waals surface area contributed by atoms with E-state index >= 15 is 0 Å². The molecule has 4 rings (SSSR count). The van der Waals surface area contributed by atoms with Crippen LogP contribution in [0.25, 0.3) is 16.6 Å². The maximum absolute atomic E-state index is 13.3. The Bertz CT molecular complexity index is 1190. The first-order chi connectivity index (χ1) is 13.7. The Labute approximate surface area is 175 Å². The maximum Gasteiger partial charge on any atom is 0.266 e. The van der Waals surface area contributed by atoms with Crippen LogP contribution in [0, 0.1) is 0 Å². The monoisotopic (exact) mass is 452 g/mol. The van der Waals surface area contributed by atoms with Crippen LogP contribution in [0.3, 0.4) is 0 Å². The molecule has 0 amide bonds. The van der Waals surface area contributed by atoms with Crippen molar-refractivity contribution in [3.63, 3.8) is 0 Å².